The van der Waals surface area contributed by atoms with Gasteiger partial charge in [-0.1, -0.05) is 18.2 Å². The van der Waals surface area contributed by atoms with E-state index in [9.17, 15) is 13.2 Å². The molecule has 2 aliphatic heterocycles. The molecular weight excluding hydrogens is 276 g/mol. The summed E-state index contributed by atoms with van der Waals surface area (Å²) in [6.45, 7) is 1.49. The number of hydrogen-bond acceptors (Lipinski definition) is 3. The Morgan fingerprint density at radius 3 is 2.60 bits per heavy atom. The van der Waals surface area contributed by atoms with Crippen molar-refractivity contribution in [3.05, 3.63) is 35.9 Å². The van der Waals surface area contributed by atoms with Crippen molar-refractivity contribution in [1.29, 1.82) is 0 Å². The lowest BCUT2D eigenvalue weighted by molar-refractivity contribution is -0.126. The summed E-state index contributed by atoms with van der Waals surface area (Å²) in [5.74, 6) is -0.126. The van der Waals surface area contributed by atoms with Crippen LogP contribution in [0.5, 0.6) is 0 Å². The molecule has 0 radical (unpaired) electrons. The normalized spacial score (nSPS) is 22.4. The molecular formula is C14H16N2O3S. The fraction of sp³-hybridized carbons (Fsp3) is 0.357. The predicted molar refractivity (Wildman–Crippen MR) is 75.2 cm³/mol. The van der Waals surface area contributed by atoms with Gasteiger partial charge in [-0.2, -0.15) is 0 Å². The lowest BCUT2D eigenvalue weighted by Gasteiger charge is -2.25. The average Bonchev–Trinajstić information content (AvgIpc) is 2.72. The zero-order chi connectivity index (χ0) is 14.2. The fourth-order valence-corrected chi connectivity index (χ4v) is 3.91. The maximum atomic E-state index is 12.2. The van der Waals surface area contributed by atoms with E-state index in [-0.39, 0.29) is 10.8 Å². The van der Waals surface area contributed by atoms with E-state index in [1.165, 1.54) is 6.08 Å². The highest BCUT2D eigenvalue weighted by Crippen LogP contribution is 2.29. The molecule has 1 amide bonds. The van der Waals surface area contributed by atoms with Crippen molar-refractivity contribution in [3.8, 4) is 0 Å². The maximum absolute atomic E-state index is 12.2. The molecule has 1 N–H and O–H groups in total. The molecule has 2 heterocycles. The second kappa shape index (κ2) is 4.94. The van der Waals surface area contributed by atoms with Crippen molar-refractivity contribution in [2.75, 3.05) is 13.1 Å². The number of likely N-dealkylation sites (tertiary alicyclic amines) is 1. The lowest BCUT2D eigenvalue weighted by atomic mass is 10.1. The predicted octanol–water partition coefficient (Wildman–Crippen LogP) is 1.33. The van der Waals surface area contributed by atoms with Gasteiger partial charge < -0.3 is 4.90 Å². The van der Waals surface area contributed by atoms with Crippen LogP contribution in [-0.2, 0) is 14.8 Å². The highest BCUT2D eigenvalue weighted by atomic mass is 32.2. The Morgan fingerprint density at radius 1 is 1.15 bits per heavy atom. The van der Waals surface area contributed by atoms with Crippen LogP contribution in [0, 0.1) is 0 Å². The van der Waals surface area contributed by atoms with E-state index in [1.807, 2.05) is 0 Å². The molecule has 2 aliphatic rings. The van der Waals surface area contributed by atoms with E-state index in [0.29, 0.717) is 11.3 Å². The summed E-state index contributed by atoms with van der Waals surface area (Å²) in [4.78, 5) is 14.2. The molecule has 3 rings (SSSR count). The van der Waals surface area contributed by atoms with Gasteiger partial charge >= 0.3 is 0 Å². The van der Waals surface area contributed by atoms with Crippen LogP contribution in [0.15, 0.2) is 35.2 Å². The van der Waals surface area contributed by atoms with Gasteiger partial charge in [0.2, 0.25) is 5.91 Å². The number of carbonyl (C=O) groups is 1. The summed E-state index contributed by atoms with van der Waals surface area (Å²) in [6, 6.07) is 6.69. The Kier molecular flexibility index (Phi) is 3.25. The zero-order valence-electron chi connectivity index (χ0n) is 11.0. The van der Waals surface area contributed by atoms with Gasteiger partial charge in [-0.25, -0.2) is 8.42 Å². The number of carbonyl (C=O) groups excluding carboxylic acids is 1. The molecule has 5 nitrogen and oxygen atoms in total. The molecule has 1 aromatic carbocycles. The van der Waals surface area contributed by atoms with Crippen LogP contribution >= 0.6 is 0 Å². The third-order valence-electron chi connectivity index (χ3n) is 3.65. The number of benzene rings is 1. The minimum Gasteiger partial charge on any atom is -0.339 e. The monoisotopic (exact) mass is 292 g/mol. The van der Waals surface area contributed by atoms with Crippen LogP contribution in [0.25, 0.3) is 5.70 Å². The number of rotatable bonds is 1. The van der Waals surface area contributed by atoms with Crippen molar-refractivity contribution in [2.24, 2.45) is 0 Å². The highest BCUT2D eigenvalue weighted by Gasteiger charge is 2.30. The minimum atomic E-state index is -3.52. The van der Waals surface area contributed by atoms with Gasteiger partial charge in [-0.3, -0.25) is 9.52 Å². The second-order valence-electron chi connectivity index (χ2n) is 5.05. The Bertz CT molecular complexity index is 673. The van der Waals surface area contributed by atoms with E-state index < -0.39 is 10.0 Å². The standard InChI is InChI=1S/C14H16N2O3S/c17-14(16-8-4-1-5-9-16)10-12-11-6-2-3-7-13(11)20(18,19)15-12/h2-3,6-7,10,15H,1,4-5,8-9H2. The van der Waals surface area contributed by atoms with Crippen molar-refractivity contribution in [2.45, 2.75) is 24.2 Å². The van der Waals surface area contributed by atoms with Gasteiger partial charge in [0.1, 0.15) is 0 Å². The molecule has 0 aromatic heterocycles. The molecule has 1 saturated heterocycles. The first kappa shape index (κ1) is 13.2. The van der Waals surface area contributed by atoms with E-state index in [4.69, 9.17) is 0 Å². The maximum Gasteiger partial charge on any atom is 0.262 e. The summed E-state index contributed by atoms with van der Waals surface area (Å²) in [6.07, 6.45) is 4.57. The summed E-state index contributed by atoms with van der Waals surface area (Å²) in [5.41, 5.74) is 0.939. The van der Waals surface area contributed by atoms with E-state index >= 15 is 0 Å². The summed E-state index contributed by atoms with van der Waals surface area (Å²) < 4.78 is 26.3. The van der Waals surface area contributed by atoms with Crippen molar-refractivity contribution in [3.63, 3.8) is 0 Å². The number of sulfonamides is 1. The molecule has 0 bridgehead atoms. The van der Waals surface area contributed by atoms with Gasteiger partial charge in [0, 0.05) is 24.7 Å². The van der Waals surface area contributed by atoms with Crippen molar-refractivity contribution in [1.82, 2.24) is 9.62 Å². The molecule has 1 fully saturated rings. The Balaban J connectivity index is 1.92. The van der Waals surface area contributed by atoms with Gasteiger partial charge in [-0.15, -0.1) is 0 Å². The van der Waals surface area contributed by atoms with E-state index in [0.717, 1.165) is 32.4 Å². The second-order valence-corrected chi connectivity index (χ2v) is 6.70. The number of nitrogens with zero attached hydrogens (tertiary/aromatic N) is 1. The third kappa shape index (κ3) is 2.31. The summed E-state index contributed by atoms with van der Waals surface area (Å²) in [7, 11) is -3.52. The Labute approximate surface area is 118 Å². The van der Waals surface area contributed by atoms with E-state index in [2.05, 4.69) is 4.72 Å². The number of nitrogens with one attached hydrogen (secondary N) is 1. The zero-order valence-corrected chi connectivity index (χ0v) is 11.8. The Morgan fingerprint density at radius 2 is 1.85 bits per heavy atom. The van der Waals surface area contributed by atoms with Crippen LogP contribution < -0.4 is 4.72 Å². The quantitative estimate of drug-likeness (QED) is 0.794. The van der Waals surface area contributed by atoms with Crippen LogP contribution in [0.1, 0.15) is 24.8 Å². The molecule has 0 unspecified atom stereocenters. The van der Waals surface area contributed by atoms with Crippen LogP contribution in [0.2, 0.25) is 0 Å². The first-order valence-electron chi connectivity index (χ1n) is 6.71. The molecule has 1 aromatic rings. The molecule has 0 spiro atoms. The smallest absolute Gasteiger partial charge is 0.262 e. The van der Waals surface area contributed by atoms with Gasteiger partial charge in [0.25, 0.3) is 10.0 Å². The van der Waals surface area contributed by atoms with Crippen LogP contribution in [0.3, 0.4) is 0 Å². The summed E-state index contributed by atoms with van der Waals surface area (Å²) >= 11 is 0. The number of fused-ring (bicyclic) bond motifs is 1. The first-order chi connectivity index (χ1) is 9.58. The van der Waals surface area contributed by atoms with Crippen LogP contribution in [-0.4, -0.2) is 32.3 Å². The molecule has 6 heteroatoms. The molecule has 0 saturated carbocycles. The lowest BCUT2D eigenvalue weighted by Crippen LogP contribution is -2.34. The number of amides is 1. The van der Waals surface area contributed by atoms with Crippen LogP contribution in [0.4, 0.5) is 0 Å². The molecule has 0 aliphatic carbocycles. The number of hydrogen-bond donors (Lipinski definition) is 1. The molecule has 0 atom stereocenters. The molecule has 20 heavy (non-hydrogen) atoms. The SMILES string of the molecule is O=C(C=C1NS(=O)(=O)c2ccccc21)N1CCCCC1. The van der Waals surface area contributed by atoms with Gasteiger partial charge in [0.15, 0.2) is 0 Å². The fourth-order valence-electron chi connectivity index (χ4n) is 2.61. The van der Waals surface area contributed by atoms with Gasteiger partial charge in [0.05, 0.1) is 10.6 Å². The van der Waals surface area contributed by atoms with E-state index in [1.54, 1.807) is 29.2 Å². The third-order valence-corrected chi connectivity index (χ3v) is 5.07. The van der Waals surface area contributed by atoms with Gasteiger partial charge in [-0.05, 0) is 25.3 Å². The highest BCUT2D eigenvalue weighted by molar-refractivity contribution is 7.90. The topological polar surface area (TPSA) is 66.5 Å². The first-order valence-corrected chi connectivity index (χ1v) is 8.19. The number of piperidine rings is 1. The molecule has 106 valence electrons. The Hall–Kier alpha value is -1.82. The minimum absolute atomic E-state index is 0.126. The van der Waals surface area contributed by atoms with Crippen molar-refractivity contribution < 1.29 is 13.2 Å². The largest absolute Gasteiger partial charge is 0.339 e. The average molecular weight is 292 g/mol. The van der Waals surface area contributed by atoms with Crippen molar-refractivity contribution >= 4 is 21.6 Å². The summed E-state index contributed by atoms with van der Waals surface area (Å²) in [5, 5.41) is 0.